The van der Waals surface area contributed by atoms with Crippen molar-refractivity contribution in [2.75, 3.05) is 17.3 Å². The lowest BCUT2D eigenvalue weighted by molar-refractivity contribution is -0.135. The van der Waals surface area contributed by atoms with Crippen LogP contribution >= 0.6 is 12.4 Å². The van der Waals surface area contributed by atoms with Crippen molar-refractivity contribution in [3.8, 4) is 0 Å². The third kappa shape index (κ3) is 3.07. The molecule has 1 aliphatic heterocycles. The van der Waals surface area contributed by atoms with Gasteiger partial charge in [0.1, 0.15) is 0 Å². The molecule has 7 heteroatoms. The van der Waals surface area contributed by atoms with Gasteiger partial charge >= 0.3 is 0 Å². The number of hydrogen-bond donors (Lipinski definition) is 3. The molecule has 6 nitrogen and oxygen atoms in total. The summed E-state index contributed by atoms with van der Waals surface area (Å²) in [6.07, 6.45) is 0. The average molecular weight is 375 g/mol. The molecule has 0 aromatic heterocycles. The molecule has 138 valence electrons. The minimum atomic E-state index is -1.82. The number of carbonyl (C=O) groups excluding carboxylic acids is 2. The Balaban J connectivity index is 0.00000243. The predicted molar refractivity (Wildman–Crippen MR) is 105 cm³/mol. The van der Waals surface area contributed by atoms with Crippen LogP contribution < -0.4 is 21.7 Å². The maximum atomic E-state index is 13.2. The molecule has 2 unspecified atom stereocenters. The van der Waals surface area contributed by atoms with Crippen molar-refractivity contribution >= 4 is 35.5 Å². The van der Waals surface area contributed by atoms with E-state index in [2.05, 4.69) is 5.32 Å². The lowest BCUT2D eigenvalue weighted by Gasteiger charge is -2.36. The predicted octanol–water partition coefficient (Wildman–Crippen LogP) is 1.85. The third-order valence-electron chi connectivity index (χ3n) is 4.63. The largest absolute Gasteiger partial charge is 0.374 e. The molecule has 1 aliphatic rings. The van der Waals surface area contributed by atoms with Gasteiger partial charge in [-0.25, -0.2) is 0 Å². The van der Waals surface area contributed by atoms with Crippen LogP contribution in [0.1, 0.15) is 18.5 Å². The van der Waals surface area contributed by atoms with Gasteiger partial charge in [-0.05, 0) is 24.6 Å². The summed E-state index contributed by atoms with van der Waals surface area (Å²) in [4.78, 5) is 27.6. The van der Waals surface area contributed by atoms with Gasteiger partial charge in [0, 0.05) is 7.05 Å². The van der Waals surface area contributed by atoms with Gasteiger partial charge in [-0.15, -0.1) is 12.4 Å². The van der Waals surface area contributed by atoms with Crippen molar-refractivity contribution in [1.82, 2.24) is 0 Å². The zero-order valence-corrected chi connectivity index (χ0v) is 15.5. The number of Topliss-reactive ketones (excluding diaryl/α,β-unsaturated/α-hetero) is 1. The first-order chi connectivity index (χ1) is 11.9. The Morgan fingerprint density at radius 1 is 1.15 bits per heavy atom. The normalized spacial score (nSPS) is 23.2. The first kappa shape index (κ1) is 19.9. The van der Waals surface area contributed by atoms with Crippen LogP contribution in [0, 0.1) is 0 Å². The molecule has 0 aliphatic carbocycles. The highest BCUT2D eigenvalue weighted by molar-refractivity contribution is 6.20. The Bertz CT molecular complexity index is 812. The lowest BCUT2D eigenvalue weighted by atomic mass is 9.79. The number of anilines is 2. The van der Waals surface area contributed by atoms with Gasteiger partial charge in [0.15, 0.2) is 11.3 Å². The minimum Gasteiger partial charge on any atom is -0.374 e. The second kappa shape index (κ2) is 7.45. The molecule has 5 N–H and O–H groups in total. The Kier molecular flexibility index (Phi) is 5.71. The highest BCUT2D eigenvalue weighted by atomic mass is 35.5. The summed E-state index contributed by atoms with van der Waals surface area (Å²) in [6, 6.07) is 15.0. The van der Waals surface area contributed by atoms with Gasteiger partial charge in [-0.3, -0.25) is 9.59 Å². The fraction of sp³-hybridized carbons (Fsp3) is 0.263. The van der Waals surface area contributed by atoms with E-state index in [1.54, 1.807) is 14.0 Å². The molecule has 1 heterocycles. The fourth-order valence-electron chi connectivity index (χ4n) is 3.28. The molecule has 1 amide bonds. The number of halogens is 1. The van der Waals surface area contributed by atoms with Crippen molar-refractivity contribution < 1.29 is 9.59 Å². The van der Waals surface area contributed by atoms with Crippen LogP contribution in [0.25, 0.3) is 0 Å². The number of fused-ring (bicyclic) bond motifs is 1. The van der Waals surface area contributed by atoms with Crippen LogP contribution in [0.2, 0.25) is 0 Å². The van der Waals surface area contributed by atoms with Crippen molar-refractivity contribution in [1.29, 1.82) is 0 Å². The third-order valence-corrected chi connectivity index (χ3v) is 4.63. The number of hydrogen-bond acceptors (Lipinski definition) is 5. The number of rotatable bonds is 3. The van der Waals surface area contributed by atoms with E-state index in [1.807, 2.05) is 54.6 Å². The second-order valence-corrected chi connectivity index (χ2v) is 6.39. The van der Waals surface area contributed by atoms with Crippen molar-refractivity contribution in [3.05, 3.63) is 60.2 Å². The summed E-state index contributed by atoms with van der Waals surface area (Å²) in [7, 11) is 1.62. The number of amides is 1. The van der Waals surface area contributed by atoms with Gasteiger partial charge in [-0.1, -0.05) is 42.5 Å². The maximum absolute atomic E-state index is 13.2. The fourth-order valence-corrected chi connectivity index (χ4v) is 3.28. The molecule has 3 atom stereocenters. The molecule has 0 radical (unpaired) electrons. The number of nitrogens with one attached hydrogen (secondary N) is 1. The van der Waals surface area contributed by atoms with Crippen molar-refractivity contribution in [3.63, 3.8) is 0 Å². The van der Waals surface area contributed by atoms with E-state index in [-0.39, 0.29) is 12.4 Å². The van der Waals surface area contributed by atoms with Gasteiger partial charge in [0.05, 0.1) is 23.5 Å². The number of nitrogens with zero attached hydrogens (tertiary/aromatic N) is 1. The van der Waals surface area contributed by atoms with E-state index in [0.717, 1.165) is 11.3 Å². The first-order valence-electron chi connectivity index (χ1n) is 8.14. The second-order valence-electron chi connectivity index (χ2n) is 6.39. The Labute approximate surface area is 159 Å². The molecule has 0 fully saturated rings. The standard InChI is InChI=1S/C19H22N4O2.ClH/c1-12(20)17(24)19(21)16(13-8-4-3-5-9-13)22-14-10-6-7-11-15(14)23(2)18(19)25;/h3-12,16,22H,20-21H2,1-2H3;1H/t12-,16?,19?;/m0./s1. The zero-order valence-electron chi connectivity index (χ0n) is 14.7. The van der Waals surface area contributed by atoms with Crippen molar-refractivity contribution in [2.24, 2.45) is 11.5 Å². The smallest absolute Gasteiger partial charge is 0.257 e. The van der Waals surface area contributed by atoms with E-state index in [9.17, 15) is 9.59 Å². The molecule has 0 saturated carbocycles. The van der Waals surface area contributed by atoms with E-state index in [0.29, 0.717) is 5.69 Å². The molecule has 0 spiro atoms. The highest BCUT2D eigenvalue weighted by Gasteiger charge is 2.53. The van der Waals surface area contributed by atoms with Gasteiger partial charge in [0.25, 0.3) is 5.91 Å². The topological polar surface area (TPSA) is 101 Å². The van der Waals surface area contributed by atoms with Crippen LogP contribution in [-0.2, 0) is 9.59 Å². The first-order valence-corrected chi connectivity index (χ1v) is 8.14. The Morgan fingerprint density at radius 3 is 2.35 bits per heavy atom. The Hall–Kier alpha value is -2.41. The summed E-state index contributed by atoms with van der Waals surface area (Å²) in [6.45, 7) is 1.55. The van der Waals surface area contributed by atoms with Gasteiger partial charge in [0.2, 0.25) is 0 Å². The number of carbonyl (C=O) groups is 2. The monoisotopic (exact) mass is 374 g/mol. The van der Waals surface area contributed by atoms with Crippen LogP contribution in [-0.4, -0.2) is 30.3 Å². The Morgan fingerprint density at radius 2 is 1.73 bits per heavy atom. The number of para-hydroxylation sites is 2. The number of nitrogens with two attached hydrogens (primary N) is 2. The summed E-state index contributed by atoms with van der Waals surface area (Å²) in [5.74, 6) is -0.986. The van der Waals surface area contributed by atoms with Gasteiger partial charge < -0.3 is 21.7 Å². The maximum Gasteiger partial charge on any atom is 0.257 e. The number of likely N-dealkylation sites (N-methyl/N-ethyl adjacent to an activating group) is 1. The summed E-state index contributed by atoms with van der Waals surface area (Å²) in [5.41, 5.74) is 12.7. The molecule has 0 bridgehead atoms. The van der Waals surface area contributed by atoms with E-state index in [1.165, 1.54) is 4.90 Å². The summed E-state index contributed by atoms with van der Waals surface area (Å²) in [5, 5.41) is 3.30. The molecular formula is C19H23ClN4O2. The lowest BCUT2D eigenvalue weighted by Crippen LogP contribution is -2.67. The molecule has 26 heavy (non-hydrogen) atoms. The zero-order chi connectivity index (χ0) is 18.2. The number of ketones is 1. The minimum absolute atomic E-state index is 0. The summed E-state index contributed by atoms with van der Waals surface area (Å²) < 4.78 is 0. The molecular weight excluding hydrogens is 352 g/mol. The average Bonchev–Trinajstić information content (AvgIpc) is 2.72. The van der Waals surface area contributed by atoms with E-state index >= 15 is 0 Å². The number of benzene rings is 2. The van der Waals surface area contributed by atoms with Crippen LogP contribution in [0.3, 0.4) is 0 Å². The highest BCUT2D eigenvalue weighted by Crippen LogP contribution is 2.39. The molecule has 2 aromatic carbocycles. The molecule has 0 saturated heterocycles. The quantitative estimate of drug-likeness (QED) is 0.712. The van der Waals surface area contributed by atoms with Crippen molar-refractivity contribution in [2.45, 2.75) is 24.5 Å². The van der Waals surface area contributed by atoms with Crippen LogP contribution in [0.15, 0.2) is 54.6 Å². The molecule has 2 aromatic rings. The van der Waals surface area contributed by atoms with Crippen LogP contribution in [0.4, 0.5) is 11.4 Å². The SMILES string of the molecule is C[C@H](N)C(=O)C1(N)C(=O)N(C)c2ccccc2NC1c1ccccc1.Cl. The van der Waals surface area contributed by atoms with Gasteiger partial charge in [-0.2, -0.15) is 0 Å². The summed E-state index contributed by atoms with van der Waals surface area (Å²) >= 11 is 0. The van der Waals surface area contributed by atoms with E-state index < -0.39 is 29.3 Å². The van der Waals surface area contributed by atoms with Crippen LogP contribution in [0.5, 0.6) is 0 Å². The van der Waals surface area contributed by atoms with E-state index in [4.69, 9.17) is 11.5 Å². The molecule has 3 rings (SSSR count).